The van der Waals surface area contributed by atoms with E-state index in [1.165, 1.54) is 59.8 Å². The van der Waals surface area contributed by atoms with E-state index in [1.54, 1.807) is 13.8 Å². The minimum Gasteiger partial charge on any atom is -0.325 e. The average Bonchev–Trinajstić information content (AvgIpc) is 3.04. The van der Waals surface area contributed by atoms with Gasteiger partial charge in [-0.3, -0.25) is 24.6 Å². The second-order valence-electron chi connectivity index (χ2n) is 7.91. The molecule has 1 aliphatic rings. The van der Waals surface area contributed by atoms with Crippen molar-refractivity contribution in [1.82, 2.24) is 14.5 Å². The van der Waals surface area contributed by atoms with Crippen molar-refractivity contribution < 1.29 is 27.7 Å². The van der Waals surface area contributed by atoms with Crippen LogP contribution in [0.25, 0.3) is 0 Å². The predicted octanol–water partition coefficient (Wildman–Crippen LogP) is 2.03. The van der Waals surface area contributed by atoms with E-state index in [9.17, 15) is 32.9 Å². The monoisotopic (exact) mass is 503 g/mol. The molecule has 2 aromatic rings. The Hall–Kier alpha value is -3.84. The zero-order valence-electron chi connectivity index (χ0n) is 19.3. The van der Waals surface area contributed by atoms with Crippen LogP contribution in [0.15, 0.2) is 53.4 Å². The largest absolute Gasteiger partial charge is 0.325 e. The molecule has 1 atom stereocenters. The zero-order valence-corrected chi connectivity index (χ0v) is 20.2. The fourth-order valence-corrected chi connectivity index (χ4v) is 5.18. The molecule has 35 heavy (non-hydrogen) atoms. The van der Waals surface area contributed by atoms with Gasteiger partial charge in [0, 0.05) is 30.9 Å². The predicted molar refractivity (Wildman–Crippen MR) is 126 cm³/mol. The molecular formula is C22H25N5O7S. The number of amides is 4. The van der Waals surface area contributed by atoms with Crippen molar-refractivity contribution in [1.29, 1.82) is 0 Å². The SMILES string of the molecule is CCN(CC)S(=O)(=O)c1ccc(NC(=O)CN2C(=O)NC(C)(c3ccc([N+](=O)[O-])cc3)C2=O)cc1. The van der Waals surface area contributed by atoms with Gasteiger partial charge in [0.05, 0.1) is 9.82 Å². The van der Waals surface area contributed by atoms with Crippen molar-refractivity contribution >= 4 is 39.2 Å². The van der Waals surface area contributed by atoms with Crippen LogP contribution in [0, 0.1) is 10.1 Å². The van der Waals surface area contributed by atoms with Gasteiger partial charge in [0.15, 0.2) is 0 Å². The minimum atomic E-state index is -3.65. The maximum Gasteiger partial charge on any atom is 0.325 e. The Balaban J connectivity index is 1.69. The number of hydrogen-bond donors (Lipinski definition) is 2. The molecule has 1 fully saturated rings. The van der Waals surface area contributed by atoms with E-state index >= 15 is 0 Å². The maximum atomic E-state index is 13.0. The number of nitrogens with one attached hydrogen (secondary N) is 2. The molecule has 0 aliphatic carbocycles. The van der Waals surface area contributed by atoms with Crippen LogP contribution in [0.3, 0.4) is 0 Å². The van der Waals surface area contributed by atoms with Crippen molar-refractivity contribution in [3.63, 3.8) is 0 Å². The highest BCUT2D eigenvalue weighted by molar-refractivity contribution is 7.89. The van der Waals surface area contributed by atoms with E-state index in [4.69, 9.17) is 0 Å². The highest BCUT2D eigenvalue weighted by Gasteiger charge is 2.49. The molecule has 0 spiro atoms. The van der Waals surface area contributed by atoms with Gasteiger partial charge in [-0.1, -0.05) is 13.8 Å². The molecule has 1 saturated heterocycles. The van der Waals surface area contributed by atoms with Crippen LogP contribution in [0.4, 0.5) is 16.2 Å². The Labute approximate surface area is 202 Å². The molecule has 0 bridgehead atoms. The highest BCUT2D eigenvalue weighted by Crippen LogP contribution is 2.30. The van der Waals surface area contributed by atoms with Gasteiger partial charge >= 0.3 is 6.03 Å². The lowest BCUT2D eigenvalue weighted by atomic mass is 9.92. The Morgan fingerprint density at radius 2 is 1.66 bits per heavy atom. The number of anilines is 1. The first kappa shape index (κ1) is 25.8. The maximum absolute atomic E-state index is 13.0. The summed E-state index contributed by atoms with van der Waals surface area (Å²) in [5, 5.41) is 15.9. The molecule has 186 valence electrons. The smallest absolute Gasteiger partial charge is 0.325 e. The van der Waals surface area contributed by atoms with Crippen molar-refractivity contribution in [3.8, 4) is 0 Å². The molecule has 2 aromatic carbocycles. The van der Waals surface area contributed by atoms with Gasteiger partial charge in [0.1, 0.15) is 12.1 Å². The second-order valence-corrected chi connectivity index (χ2v) is 9.85. The summed E-state index contributed by atoms with van der Waals surface area (Å²) in [7, 11) is -3.65. The summed E-state index contributed by atoms with van der Waals surface area (Å²) in [6, 6.07) is 9.96. The van der Waals surface area contributed by atoms with Crippen LogP contribution in [-0.4, -0.2) is 60.0 Å². The number of nitro benzene ring substituents is 1. The second kappa shape index (κ2) is 9.80. The summed E-state index contributed by atoms with van der Waals surface area (Å²) in [5.41, 5.74) is -1.04. The number of benzene rings is 2. The van der Waals surface area contributed by atoms with Crippen LogP contribution < -0.4 is 10.6 Å². The topological polar surface area (TPSA) is 159 Å². The number of sulfonamides is 1. The summed E-state index contributed by atoms with van der Waals surface area (Å²) in [6.45, 7) is 4.98. The van der Waals surface area contributed by atoms with E-state index in [0.717, 1.165) is 4.90 Å². The number of rotatable bonds is 9. The third-order valence-corrected chi connectivity index (χ3v) is 7.78. The first-order valence-corrected chi connectivity index (χ1v) is 12.2. The van der Waals surface area contributed by atoms with E-state index in [2.05, 4.69) is 10.6 Å². The van der Waals surface area contributed by atoms with Gasteiger partial charge in [-0.25, -0.2) is 13.2 Å². The quantitative estimate of drug-likeness (QED) is 0.301. The molecular weight excluding hydrogens is 478 g/mol. The van der Waals surface area contributed by atoms with Gasteiger partial charge in [-0.05, 0) is 48.9 Å². The van der Waals surface area contributed by atoms with E-state index in [1.807, 2.05) is 0 Å². The Kier molecular flexibility index (Phi) is 7.22. The van der Waals surface area contributed by atoms with Gasteiger partial charge < -0.3 is 10.6 Å². The Morgan fingerprint density at radius 3 is 2.17 bits per heavy atom. The van der Waals surface area contributed by atoms with Gasteiger partial charge in [-0.2, -0.15) is 4.31 Å². The summed E-state index contributed by atoms with van der Waals surface area (Å²) in [4.78, 5) is 49.1. The van der Waals surface area contributed by atoms with Crippen LogP contribution in [-0.2, 0) is 25.2 Å². The normalized spacial score (nSPS) is 18.0. The minimum absolute atomic E-state index is 0.0761. The van der Waals surface area contributed by atoms with Crippen LogP contribution in [0.5, 0.6) is 0 Å². The van der Waals surface area contributed by atoms with Crippen LogP contribution in [0.2, 0.25) is 0 Å². The lowest BCUT2D eigenvalue weighted by Crippen LogP contribution is -2.42. The van der Waals surface area contributed by atoms with Crippen molar-refractivity contribution in [2.75, 3.05) is 25.0 Å². The zero-order chi connectivity index (χ0) is 26.0. The number of urea groups is 1. The fraction of sp³-hybridized carbons (Fsp3) is 0.318. The Bertz CT molecular complexity index is 1260. The Morgan fingerprint density at radius 1 is 1.09 bits per heavy atom. The van der Waals surface area contributed by atoms with E-state index in [-0.39, 0.29) is 10.6 Å². The van der Waals surface area contributed by atoms with Gasteiger partial charge in [0.2, 0.25) is 15.9 Å². The lowest BCUT2D eigenvalue weighted by Gasteiger charge is -2.22. The highest BCUT2D eigenvalue weighted by atomic mass is 32.2. The fourth-order valence-electron chi connectivity index (χ4n) is 3.72. The molecule has 3 rings (SSSR count). The van der Waals surface area contributed by atoms with E-state index < -0.39 is 44.9 Å². The first-order chi connectivity index (χ1) is 16.4. The molecule has 4 amide bonds. The van der Waals surface area contributed by atoms with E-state index in [0.29, 0.717) is 24.3 Å². The number of non-ortho nitro benzene ring substituents is 1. The summed E-state index contributed by atoms with van der Waals surface area (Å²) in [6.07, 6.45) is 0. The van der Waals surface area contributed by atoms with Crippen molar-refractivity contribution in [2.45, 2.75) is 31.2 Å². The van der Waals surface area contributed by atoms with Crippen LogP contribution >= 0.6 is 0 Å². The number of nitro groups is 1. The molecule has 12 nitrogen and oxygen atoms in total. The number of imide groups is 1. The van der Waals surface area contributed by atoms with Gasteiger partial charge in [0.25, 0.3) is 11.6 Å². The number of hydrogen-bond acceptors (Lipinski definition) is 7. The first-order valence-electron chi connectivity index (χ1n) is 10.7. The molecule has 13 heteroatoms. The molecule has 1 aliphatic heterocycles. The van der Waals surface area contributed by atoms with Gasteiger partial charge in [-0.15, -0.1) is 0 Å². The average molecular weight is 504 g/mol. The molecule has 1 heterocycles. The molecule has 0 radical (unpaired) electrons. The molecule has 0 saturated carbocycles. The lowest BCUT2D eigenvalue weighted by molar-refractivity contribution is -0.384. The molecule has 1 unspecified atom stereocenters. The third kappa shape index (κ3) is 5.00. The summed E-state index contributed by atoms with van der Waals surface area (Å²) < 4.78 is 26.5. The standard InChI is InChI=1S/C22H25N5O7S/c1-4-25(5-2)35(33,34)18-12-8-16(9-13-18)23-19(28)14-26-20(29)22(3,24-21(26)30)15-6-10-17(11-7-15)27(31)32/h6-13H,4-5,14H2,1-3H3,(H,23,28)(H,24,30). The summed E-state index contributed by atoms with van der Waals surface area (Å²) >= 11 is 0. The number of carbonyl (C=O) groups excluding carboxylic acids is 3. The number of nitrogens with zero attached hydrogens (tertiary/aromatic N) is 3. The van der Waals surface area contributed by atoms with Crippen molar-refractivity contribution in [2.24, 2.45) is 0 Å². The van der Waals surface area contributed by atoms with Crippen molar-refractivity contribution in [3.05, 3.63) is 64.2 Å². The third-order valence-electron chi connectivity index (χ3n) is 5.71. The van der Waals surface area contributed by atoms with Crippen LogP contribution in [0.1, 0.15) is 26.3 Å². The number of carbonyl (C=O) groups is 3. The summed E-state index contributed by atoms with van der Waals surface area (Å²) in [5.74, 6) is -1.35. The molecule has 0 aromatic heterocycles. The molecule has 2 N–H and O–H groups in total.